The molecule has 0 aromatic carbocycles. The van der Waals surface area contributed by atoms with Gasteiger partial charge in [0, 0.05) is 12.2 Å². The first kappa shape index (κ1) is 17.4. The zero-order valence-electron chi connectivity index (χ0n) is 13.6. The first-order chi connectivity index (χ1) is 10.1. The lowest BCUT2D eigenvalue weighted by atomic mass is 10.3. The molecule has 0 saturated heterocycles. The Bertz CT molecular complexity index is 556. The van der Waals surface area contributed by atoms with Crippen molar-refractivity contribution in [2.24, 2.45) is 0 Å². The van der Waals surface area contributed by atoms with E-state index in [1.165, 1.54) is 0 Å². The molecule has 2 aromatic rings. The number of rotatable bonds is 5. The highest BCUT2D eigenvalue weighted by molar-refractivity contribution is 7.15. The summed E-state index contributed by atoms with van der Waals surface area (Å²) in [6.07, 6.45) is 2.78. The molecule has 2 rings (SSSR count). The maximum absolute atomic E-state index is 5.28. The van der Waals surface area contributed by atoms with Crippen molar-refractivity contribution in [2.45, 2.75) is 47.1 Å². The number of nitrogens with one attached hydrogen (secondary N) is 1. The monoisotopic (exact) mass is 308 g/mol. The summed E-state index contributed by atoms with van der Waals surface area (Å²) in [5, 5.41) is 4.23. The first-order valence-electron chi connectivity index (χ1n) is 7.25. The molecule has 1 N–H and O–H groups in total. The molecule has 0 aliphatic rings. The van der Waals surface area contributed by atoms with Crippen LogP contribution in [0.3, 0.4) is 0 Å². The molecule has 0 aliphatic heterocycles. The van der Waals surface area contributed by atoms with Gasteiger partial charge >= 0.3 is 0 Å². The Morgan fingerprint density at radius 1 is 1.33 bits per heavy atom. The zero-order chi connectivity index (χ0) is 15.8. The van der Waals surface area contributed by atoms with Gasteiger partial charge in [-0.15, -0.1) is 11.3 Å². The second-order valence-electron chi connectivity index (χ2n) is 4.29. The lowest BCUT2D eigenvalue weighted by Gasteiger charge is -2.11. The van der Waals surface area contributed by atoms with E-state index in [0.717, 1.165) is 22.0 Å². The number of methoxy groups -OCH3 is 1. The van der Waals surface area contributed by atoms with E-state index in [4.69, 9.17) is 4.74 Å². The standard InChI is InChI=1S/C13H18N4OS.C2H6/c1-5-8(2)15-13-14-7-6-10(17-13)11-12(18-4)16-9(3)19-11;1-2/h6-8H,5H2,1-4H3,(H,14,15,17);1-2H3/t8-;/m1./s1. The van der Waals surface area contributed by atoms with E-state index in [1.807, 2.05) is 26.8 Å². The van der Waals surface area contributed by atoms with Crippen LogP contribution in [0.4, 0.5) is 5.95 Å². The van der Waals surface area contributed by atoms with Crippen molar-refractivity contribution in [3.8, 4) is 16.5 Å². The van der Waals surface area contributed by atoms with E-state index in [1.54, 1.807) is 24.6 Å². The number of nitrogens with zero attached hydrogens (tertiary/aromatic N) is 3. The Morgan fingerprint density at radius 3 is 2.67 bits per heavy atom. The summed E-state index contributed by atoms with van der Waals surface area (Å²) in [7, 11) is 1.62. The van der Waals surface area contributed by atoms with Crippen LogP contribution in [0, 0.1) is 6.92 Å². The zero-order valence-corrected chi connectivity index (χ0v) is 14.4. The minimum absolute atomic E-state index is 0.348. The lowest BCUT2D eigenvalue weighted by Crippen LogP contribution is -2.15. The number of aryl methyl sites for hydroxylation is 1. The van der Waals surface area contributed by atoms with Gasteiger partial charge < -0.3 is 10.1 Å². The van der Waals surface area contributed by atoms with Crippen LogP contribution in [0.2, 0.25) is 0 Å². The minimum atomic E-state index is 0.348. The summed E-state index contributed by atoms with van der Waals surface area (Å²) in [5.74, 6) is 1.26. The summed E-state index contributed by atoms with van der Waals surface area (Å²) in [4.78, 5) is 14.0. The van der Waals surface area contributed by atoms with Crippen molar-refractivity contribution in [3.05, 3.63) is 17.3 Å². The molecule has 1 atom stereocenters. The van der Waals surface area contributed by atoms with Gasteiger partial charge in [-0.3, -0.25) is 0 Å². The Kier molecular flexibility index (Phi) is 7.08. The predicted octanol–water partition coefficient (Wildman–Crippen LogP) is 4.15. The van der Waals surface area contributed by atoms with E-state index in [2.05, 4.69) is 34.1 Å². The Labute approximate surface area is 130 Å². The van der Waals surface area contributed by atoms with Crippen LogP contribution in [0.5, 0.6) is 5.88 Å². The molecular weight excluding hydrogens is 284 g/mol. The van der Waals surface area contributed by atoms with Gasteiger partial charge in [0.25, 0.3) is 0 Å². The largest absolute Gasteiger partial charge is 0.480 e. The molecule has 0 spiro atoms. The van der Waals surface area contributed by atoms with Crippen LogP contribution >= 0.6 is 11.3 Å². The van der Waals surface area contributed by atoms with Gasteiger partial charge in [-0.25, -0.2) is 15.0 Å². The molecular formula is C15H24N4OS. The summed E-state index contributed by atoms with van der Waals surface area (Å²) in [6, 6.07) is 2.22. The van der Waals surface area contributed by atoms with Gasteiger partial charge in [0.1, 0.15) is 4.88 Å². The van der Waals surface area contributed by atoms with Crippen molar-refractivity contribution < 1.29 is 4.74 Å². The Hall–Kier alpha value is -1.69. The number of anilines is 1. The first-order valence-corrected chi connectivity index (χ1v) is 8.07. The molecule has 0 unspecified atom stereocenters. The van der Waals surface area contributed by atoms with Crippen molar-refractivity contribution in [2.75, 3.05) is 12.4 Å². The second-order valence-corrected chi connectivity index (χ2v) is 5.49. The maximum Gasteiger partial charge on any atom is 0.234 e. The van der Waals surface area contributed by atoms with Crippen molar-refractivity contribution >= 4 is 17.3 Å². The van der Waals surface area contributed by atoms with Crippen LogP contribution in [0.1, 0.15) is 39.1 Å². The minimum Gasteiger partial charge on any atom is -0.480 e. The molecule has 0 amide bonds. The highest BCUT2D eigenvalue weighted by Gasteiger charge is 2.14. The maximum atomic E-state index is 5.28. The number of thiazole rings is 1. The predicted molar refractivity (Wildman–Crippen MR) is 89.2 cm³/mol. The molecule has 2 aromatic heterocycles. The molecule has 2 heterocycles. The van der Waals surface area contributed by atoms with E-state index < -0.39 is 0 Å². The highest BCUT2D eigenvalue weighted by atomic mass is 32.1. The molecule has 0 fully saturated rings. The van der Waals surface area contributed by atoms with Crippen molar-refractivity contribution in [1.82, 2.24) is 15.0 Å². The smallest absolute Gasteiger partial charge is 0.234 e. The van der Waals surface area contributed by atoms with Gasteiger partial charge in [-0.05, 0) is 26.3 Å². The van der Waals surface area contributed by atoms with Crippen LogP contribution in [0.15, 0.2) is 12.3 Å². The quantitative estimate of drug-likeness (QED) is 0.899. The molecule has 0 saturated carbocycles. The molecule has 21 heavy (non-hydrogen) atoms. The number of hydrogen-bond acceptors (Lipinski definition) is 6. The molecule has 5 nitrogen and oxygen atoms in total. The molecule has 116 valence electrons. The topological polar surface area (TPSA) is 59.9 Å². The summed E-state index contributed by atoms with van der Waals surface area (Å²) in [5.41, 5.74) is 0.836. The molecule has 0 aliphatic carbocycles. The fourth-order valence-corrected chi connectivity index (χ4v) is 2.44. The normalized spacial score (nSPS) is 11.3. The van der Waals surface area contributed by atoms with Gasteiger partial charge in [0.15, 0.2) is 0 Å². The third-order valence-electron chi connectivity index (χ3n) is 2.77. The van der Waals surface area contributed by atoms with Crippen LogP contribution < -0.4 is 10.1 Å². The third-order valence-corrected chi connectivity index (χ3v) is 3.75. The summed E-state index contributed by atoms with van der Waals surface area (Å²) >= 11 is 1.57. The third kappa shape index (κ3) is 4.67. The summed E-state index contributed by atoms with van der Waals surface area (Å²) < 4.78 is 5.28. The van der Waals surface area contributed by atoms with E-state index >= 15 is 0 Å². The number of aromatic nitrogens is 3. The second kappa shape index (κ2) is 8.56. The SMILES string of the molecule is CC.CC[C@@H](C)Nc1nccc(-c2sc(C)nc2OC)n1. The van der Waals surface area contributed by atoms with Crippen LogP contribution in [-0.4, -0.2) is 28.1 Å². The van der Waals surface area contributed by atoms with E-state index in [0.29, 0.717) is 17.9 Å². The van der Waals surface area contributed by atoms with Gasteiger partial charge in [-0.2, -0.15) is 0 Å². The fraction of sp³-hybridized carbons (Fsp3) is 0.533. The van der Waals surface area contributed by atoms with E-state index in [-0.39, 0.29) is 0 Å². The van der Waals surface area contributed by atoms with Gasteiger partial charge in [-0.1, -0.05) is 20.8 Å². The van der Waals surface area contributed by atoms with Crippen LogP contribution in [0.25, 0.3) is 10.6 Å². The van der Waals surface area contributed by atoms with Gasteiger partial charge in [0.05, 0.1) is 17.8 Å². The van der Waals surface area contributed by atoms with Crippen molar-refractivity contribution in [1.29, 1.82) is 0 Å². The summed E-state index contributed by atoms with van der Waals surface area (Å²) in [6.45, 7) is 10.2. The van der Waals surface area contributed by atoms with E-state index in [9.17, 15) is 0 Å². The highest BCUT2D eigenvalue weighted by Crippen LogP contribution is 2.34. The average Bonchev–Trinajstić information content (AvgIpc) is 2.90. The molecule has 0 bridgehead atoms. The van der Waals surface area contributed by atoms with Crippen molar-refractivity contribution in [3.63, 3.8) is 0 Å². The molecule has 6 heteroatoms. The average molecular weight is 308 g/mol. The fourth-order valence-electron chi connectivity index (χ4n) is 1.59. The van der Waals surface area contributed by atoms with Gasteiger partial charge in [0.2, 0.25) is 11.8 Å². The van der Waals surface area contributed by atoms with Crippen LogP contribution in [-0.2, 0) is 0 Å². The lowest BCUT2D eigenvalue weighted by molar-refractivity contribution is 0.401. The molecule has 0 radical (unpaired) electrons. The number of hydrogen-bond donors (Lipinski definition) is 1. The Balaban J connectivity index is 0.00000106. The Morgan fingerprint density at radius 2 is 2.05 bits per heavy atom. The number of ether oxygens (including phenoxy) is 1.